The van der Waals surface area contributed by atoms with E-state index in [1.165, 1.54) is 5.56 Å². The van der Waals surface area contributed by atoms with Crippen LogP contribution in [-0.2, 0) is 15.4 Å². The molecule has 0 aliphatic rings. The molecule has 1 aromatic carbocycles. The fourth-order valence-corrected chi connectivity index (χ4v) is 2.88. The predicted molar refractivity (Wildman–Crippen MR) is 121 cm³/mol. The second kappa shape index (κ2) is 12.5. The van der Waals surface area contributed by atoms with Gasteiger partial charge in [0.2, 0.25) is 10.0 Å². The Bertz CT molecular complexity index is 634. The first-order valence-electron chi connectivity index (χ1n) is 8.86. The van der Waals surface area contributed by atoms with Crippen LogP contribution in [0.2, 0.25) is 0 Å². The van der Waals surface area contributed by atoms with E-state index in [4.69, 9.17) is 0 Å². The van der Waals surface area contributed by atoms with E-state index in [-0.39, 0.29) is 35.1 Å². The van der Waals surface area contributed by atoms with Gasteiger partial charge in [0.1, 0.15) is 0 Å². The number of aliphatic imine (C=N–C) groups is 1. The van der Waals surface area contributed by atoms with E-state index in [1.807, 2.05) is 25.1 Å². The fourth-order valence-electron chi connectivity index (χ4n) is 2.22. The fraction of sp³-hybridized carbons (Fsp3) is 0.611. The zero-order chi connectivity index (χ0) is 18.8. The van der Waals surface area contributed by atoms with Crippen LogP contribution in [-0.4, -0.2) is 46.3 Å². The summed E-state index contributed by atoms with van der Waals surface area (Å²) in [5, 5.41) is 6.48. The van der Waals surface area contributed by atoms with Gasteiger partial charge in [-0.05, 0) is 25.8 Å². The van der Waals surface area contributed by atoms with E-state index in [0.717, 1.165) is 12.5 Å². The van der Waals surface area contributed by atoms with Crippen molar-refractivity contribution in [1.82, 2.24) is 15.4 Å². The minimum Gasteiger partial charge on any atom is -0.357 e. The molecule has 3 N–H and O–H groups in total. The molecule has 0 unspecified atom stereocenters. The molecule has 0 spiro atoms. The molecule has 0 aliphatic carbocycles. The van der Waals surface area contributed by atoms with Gasteiger partial charge in [-0.3, -0.25) is 4.99 Å². The van der Waals surface area contributed by atoms with Crippen LogP contribution in [0.4, 0.5) is 0 Å². The van der Waals surface area contributed by atoms with Gasteiger partial charge in [0, 0.05) is 25.0 Å². The first-order chi connectivity index (χ1) is 11.8. The molecule has 0 amide bonds. The highest BCUT2D eigenvalue weighted by Crippen LogP contribution is 2.22. The van der Waals surface area contributed by atoms with Crippen molar-refractivity contribution in [2.24, 2.45) is 4.99 Å². The Labute approximate surface area is 175 Å². The van der Waals surface area contributed by atoms with Crippen LogP contribution >= 0.6 is 24.0 Å². The highest BCUT2D eigenvalue weighted by molar-refractivity contribution is 14.0. The van der Waals surface area contributed by atoms with E-state index in [1.54, 1.807) is 6.92 Å². The van der Waals surface area contributed by atoms with Gasteiger partial charge in [0.25, 0.3) is 0 Å². The van der Waals surface area contributed by atoms with E-state index in [2.05, 4.69) is 46.3 Å². The molecule has 0 heterocycles. The van der Waals surface area contributed by atoms with Gasteiger partial charge >= 0.3 is 0 Å². The molecular weight excluding hydrogens is 463 g/mol. The standard InChI is InChI=1S/C18H32N4O2S.HI/c1-5-19-17(20-13-10-14-22-25(23,24)6-2)21-15-18(3,4)16-11-8-7-9-12-16;/h7-9,11-12,22H,5-6,10,13-15H2,1-4H3,(H2,19,20,21);1H. The molecule has 26 heavy (non-hydrogen) atoms. The van der Waals surface area contributed by atoms with E-state index in [0.29, 0.717) is 26.1 Å². The predicted octanol–water partition coefficient (Wildman–Crippen LogP) is 2.47. The molecule has 0 atom stereocenters. The van der Waals surface area contributed by atoms with Crippen molar-refractivity contribution < 1.29 is 8.42 Å². The smallest absolute Gasteiger partial charge is 0.211 e. The Morgan fingerprint density at radius 1 is 1.08 bits per heavy atom. The number of hydrogen-bond donors (Lipinski definition) is 3. The van der Waals surface area contributed by atoms with Gasteiger partial charge in [-0.15, -0.1) is 24.0 Å². The van der Waals surface area contributed by atoms with Gasteiger partial charge in [-0.25, -0.2) is 13.1 Å². The lowest BCUT2D eigenvalue weighted by molar-refractivity contribution is 0.537. The average molecular weight is 496 g/mol. The summed E-state index contributed by atoms with van der Waals surface area (Å²) in [5.41, 5.74) is 1.20. The maximum atomic E-state index is 11.4. The normalized spacial score (nSPS) is 12.4. The highest BCUT2D eigenvalue weighted by Gasteiger charge is 2.19. The molecule has 0 saturated carbocycles. The van der Waals surface area contributed by atoms with Crippen molar-refractivity contribution in [3.63, 3.8) is 0 Å². The van der Waals surface area contributed by atoms with E-state index >= 15 is 0 Å². The lowest BCUT2D eigenvalue weighted by Crippen LogP contribution is -2.39. The lowest BCUT2D eigenvalue weighted by Gasteiger charge is -2.24. The molecule has 0 aromatic heterocycles. The first kappa shape index (κ1) is 25.1. The number of nitrogens with zero attached hydrogens (tertiary/aromatic N) is 1. The highest BCUT2D eigenvalue weighted by atomic mass is 127. The number of guanidine groups is 1. The average Bonchev–Trinajstić information content (AvgIpc) is 2.60. The summed E-state index contributed by atoms with van der Waals surface area (Å²) < 4.78 is 25.3. The summed E-state index contributed by atoms with van der Waals surface area (Å²) in [6.45, 7) is 10.5. The quantitative estimate of drug-likeness (QED) is 0.201. The van der Waals surface area contributed by atoms with Crippen molar-refractivity contribution in [1.29, 1.82) is 0 Å². The Hall–Kier alpha value is -0.870. The van der Waals surface area contributed by atoms with E-state index in [9.17, 15) is 8.42 Å². The van der Waals surface area contributed by atoms with Crippen LogP contribution in [0, 0.1) is 0 Å². The summed E-state index contributed by atoms with van der Waals surface area (Å²) in [6, 6.07) is 10.3. The first-order valence-corrected chi connectivity index (χ1v) is 10.5. The maximum Gasteiger partial charge on any atom is 0.211 e. The molecule has 1 aromatic rings. The largest absolute Gasteiger partial charge is 0.357 e. The molecule has 8 heteroatoms. The summed E-state index contributed by atoms with van der Waals surface area (Å²) in [4.78, 5) is 4.68. The number of benzene rings is 1. The van der Waals surface area contributed by atoms with Crippen LogP contribution in [0.25, 0.3) is 0 Å². The van der Waals surface area contributed by atoms with Crippen molar-refractivity contribution in [3.05, 3.63) is 35.9 Å². The Morgan fingerprint density at radius 2 is 1.73 bits per heavy atom. The van der Waals surface area contributed by atoms with Crippen LogP contribution < -0.4 is 15.4 Å². The number of nitrogens with one attached hydrogen (secondary N) is 3. The molecule has 0 fully saturated rings. The van der Waals surface area contributed by atoms with Crippen molar-refractivity contribution in [2.75, 3.05) is 31.9 Å². The van der Waals surface area contributed by atoms with Crippen molar-refractivity contribution in [3.8, 4) is 0 Å². The molecule has 0 bridgehead atoms. The van der Waals surface area contributed by atoms with Crippen LogP contribution in [0.15, 0.2) is 35.3 Å². The van der Waals surface area contributed by atoms with Gasteiger partial charge in [0.15, 0.2) is 5.96 Å². The SMILES string of the molecule is CCNC(=NCC(C)(C)c1ccccc1)NCCCNS(=O)(=O)CC.I. The van der Waals surface area contributed by atoms with Crippen LogP contribution in [0.1, 0.15) is 39.7 Å². The van der Waals surface area contributed by atoms with Crippen LogP contribution in [0.3, 0.4) is 0 Å². The Balaban J connectivity index is 0.00000625. The molecule has 1 rings (SSSR count). The number of sulfonamides is 1. The molecule has 0 radical (unpaired) electrons. The summed E-state index contributed by atoms with van der Waals surface area (Å²) >= 11 is 0. The van der Waals surface area contributed by atoms with Gasteiger partial charge < -0.3 is 10.6 Å². The van der Waals surface area contributed by atoms with Crippen molar-refractivity contribution in [2.45, 2.75) is 39.5 Å². The van der Waals surface area contributed by atoms with E-state index < -0.39 is 10.0 Å². The number of hydrogen-bond acceptors (Lipinski definition) is 3. The minimum atomic E-state index is -3.11. The number of halogens is 1. The summed E-state index contributed by atoms with van der Waals surface area (Å²) in [5.74, 6) is 0.865. The number of rotatable bonds is 10. The lowest BCUT2D eigenvalue weighted by atomic mass is 9.85. The zero-order valence-electron chi connectivity index (χ0n) is 16.2. The molecular formula is C18H33IN4O2S. The maximum absolute atomic E-state index is 11.4. The monoisotopic (exact) mass is 496 g/mol. The van der Waals surface area contributed by atoms with Gasteiger partial charge in [-0.1, -0.05) is 44.2 Å². The zero-order valence-corrected chi connectivity index (χ0v) is 19.4. The molecule has 0 aliphatic heterocycles. The second-order valence-corrected chi connectivity index (χ2v) is 8.62. The third-order valence-electron chi connectivity index (χ3n) is 3.88. The molecule has 0 saturated heterocycles. The minimum absolute atomic E-state index is 0. The summed E-state index contributed by atoms with van der Waals surface area (Å²) in [6.07, 6.45) is 0.700. The third kappa shape index (κ3) is 9.72. The second-order valence-electron chi connectivity index (χ2n) is 6.52. The summed E-state index contributed by atoms with van der Waals surface area (Å²) in [7, 11) is -3.11. The molecule has 6 nitrogen and oxygen atoms in total. The van der Waals surface area contributed by atoms with Crippen LogP contribution in [0.5, 0.6) is 0 Å². The van der Waals surface area contributed by atoms with Gasteiger partial charge in [-0.2, -0.15) is 0 Å². The Kier molecular flexibility index (Phi) is 12.1. The van der Waals surface area contributed by atoms with Gasteiger partial charge in [0.05, 0.1) is 12.3 Å². The molecule has 150 valence electrons. The topological polar surface area (TPSA) is 82.6 Å². The van der Waals surface area contributed by atoms with Crippen molar-refractivity contribution >= 4 is 40.0 Å². The Morgan fingerprint density at radius 3 is 2.31 bits per heavy atom. The third-order valence-corrected chi connectivity index (χ3v) is 5.28.